The Hall–Kier alpha value is -1.75. The Balaban J connectivity index is 1.51. The molecule has 2 fully saturated rings. The summed E-state index contributed by atoms with van der Waals surface area (Å²) in [5, 5.41) is 4.25. The Kier molecular flexibility index (Phi) is 6.19. The second kappa shape index (κ2) is 8.56. The molecule has 2 aliphatic rings. The fourth-order valence-electron chi connectivity index (χ4n) is 3.22. The summed E-state index contributed by atoms with van der Waals surface area (Å²) in [5.41, 5.74) is 0.972. The van der Waals surface area contributed by atoms with Gasteiger partial charge in [0.15, 0.2) is 5.96 Å². The lowest BCUT2D eigenvalue weighted by molar-refractivity contribution is -0.131. The predicted octanol–water partition coefficient (Wildman–Crippen LogP) is 2.54. The zero-order chi connectivity index (χ0) is 17.6. The average Bonchev–Trinajstić information content (AvgIpc) is 2.57. The molecule has 1 aromatic carbocycles. The van der Waals surface area contributed by atoms with Crippen molar-refractivity contribution in [2.75, 3.05) is 32.7 Å². The number of piperazine rings is 1. The first-order chi connectivity index (χ1) is 12.2. The number of hydrogen-bond acceptors (Lipinski definition) is 2. The third-order valence-electron chi connectivity index (χ3n) is 4.92. The maximum Gasteiger partial charge on any atom is 0.227 e. The molecule has 0 atom stereocenters. The summed E-state index contributed by atoms with van der Waals surface area (Å²) < 4.78 is 0. The Morgan fingerprint density at radius 2 is 1.96 bits per heavy atom. The van der Waals surface area contributed by atoms with E-state index in [0.717, 1.165) is 44.2 Å². The first-order valence-corrected chi connectivity index (χ1v) is 9.61. The smallest absolute Gasteiger partial charge is 0.227 e. The molecule has 1 amide bonds. The predicted molar refractivity (Wildman–Crippen MR) is 102 cm³/mol. The summed E-state index contributed by atoms with van der Waals surface area (Å²) in [7, 11) is 0. The number of carbonyl (C=O) groups is 1. The van der Waals surface area contributed by atoms with E-state index in [1.54, 1.807) is 0 Å². The normalized spacial score (nSPS) is 18.9. The number of nitrogens with one attached hydrogen (secondary N) is 1. The number of nitrogens with zero attached hydrogens (tertiary/aromatic N) is 3. The molecule has 1 N–H and O–H groups in total. The lowest BCUT2D eigenvalue weighted by Crippen LogP contribution is -2.56. The summed E-state index contributed by atoms with van der Waals surface area (Å²) in [4.78, 5) is 21.4. The SMILES string of the molecule is CCN=C(NC1CCC1)N1CCN(C(=O)Cc2cccc(Cl)c2)CC1. The van der Waals surface area contributed by atoms with Crippen LogP contribution in [0.3, 0.4) is 0 Å². The molecule has 1 saturated heterocycles. The topological polar surface area (TPSA) is 47.9 Å². The highest BCUT2D eigenvalue weighted by Gasteiger charge is 2.26. The van der Waals surface area contributed by atoms with E-state index in [9.17, 15) is 4.79 Å². The fraction of sp³-hybridized carbons (Fsp3) is 0.579. The van der Waals surface area contributed by atoms with Crippen molar-refractivity contribution in [3.05, 3.63) is 34.9 Å². The standard InChI is InChI=1S/C19H27ClN4O/c1-2-21-19(22-17-7-4-8-17)24-11-9-23(10-12-24)18(25)14-15-5-3-6-16(20)13-15/h3,5-6,13,17H,2,4,7-12,14H2,1H3,(H,21,22). The van der Waals surface area contributed by atoms with Crippen LogP contribution in [0.4, 0.5) is 0 Å². The summed E-state index contributed by atoms with van der Waals surface area (Å²) in [6.07, 6.45) is 4.20. The highest BCUT2D eigenvalue weighted by Crippen LogP contribution is 2.19. The van der Waals surface area contributed by atoms with E-state index in [4.69, 9.17) is 11.6 Å². The molecule has 6 heteroatoms. The molecule has 1 saturated carbocycles. The van der Waals surface area contributed by atoms with E-state index in [1.165, 1.54) is 19.3 Å². The molecule has 0 unspecified atom stereocenters. The van der Waals surface area contributed by atoms with Gasteiger partial charge in [0.1, 0.15) is 0 Å². The maximum atomic E-state index is 12.5. The van der Waals surface area contributed by atoms with Gasteiger partial charge in [-0.15, -0.1) is 0 Å². The van der Waals surface area contributed by atoms with Gasteiger partial charge in [0, 0.05) is 43.8 Å². The molecule has 1 aliphatic carbocycles. The van der Waals surface area contributed by atoms with Crippen LogP contribution >= 0.6 is 11.6 Å². The van der Waals surface area contributed by atoms with E-state index in [1.807, 2.05) is 29.2 Å². The number of halogens is 1. The van der Waals surface area contributed by atoms with E-state index in [0.29, 0.717) is 17.5 Å². The number of rotatable bonds is 4. The number of benzene rings is 1. The van der Waals surface area contributed by atoms with Crippen molar-refractivity contribution in [1.29, 1.82) is 0 Å². The average molecular weight is 363 g/mol. The molecule has 1 heterocycles. The number of carbonyl (C=O) groups excluding carboxylic acids is 1. The number of guanidine groups is 1. The third-order valence-corrected chi connectivity index (χ3v) is 5.16. The van der Waals surface area contributed by atoms with E-state index < -0.39 is 0 Å². The maximum absolute atomic E-state index is 12.5. The Bertz CT molecular complexity index is 622. The fourth-order valence-corrected chi connectivity index (χ4v) is 3.44. The van der Waals surface area contributed by atoms with Crippen LogP contribution in [0, 0.1) is 0 Å². The number of hydrogen-bond donors (Lipinski definition) is 1. The molecule has 1 aromatic rings. The zero-order valence-corrected chi connectivity index (χ0v) is 15.6. The van der Waals surface area contributed by atoms with Crippen molar-refractivity contribution >= 4 is 23.5 Å². The summed E-state index contributed by atoms with van der Waals surface area (Å²) in [6.45, 7) is 6.00. The van der Waals surface area contributed by atoms with Gasteiger partial charge in [-0.3, -0.25) is 9.79 Å². The van der Waals surface area contributed by atoms with Gasteiger partial charge in [-0.2, -0.15) is 0 Å². The van der Waals surface area contributed by atoms with Crippen molar-refractivity contribution in [2.24, 2.45) is 4.99 Å². The molecule has 0 bridgehead atoms. The first-order valence-electron chi connectivity index (χ1n) is 9.24. The molecular formula is C19H27ClN4O. The van der Waals surface area contributed by atoms with E-state index >= 15 is 0 Å². The molecule has 0 aromatic heterocycles. The van der Waals surface area contributed by atoms with Crippen molar-refractivity contribution < 1.29 is 4.79 Å². The number of amides is 1. The van der Waals surface area contributed by atoms with Crippen LogP contribution in [0.15, 0.2) is 29.3 Å². The molecule has 136 valence electrons. The summed E-state index contributed by atoms with van der Waals surface area (Å²) in [5.74, 6) is 1.18. The lowest BCUT2D eigenvalue weighted by atomic mass is 9.93. The molecule has 1 aliphatic heterocycles. The van der Waals surface area contributed by atoms with Crippen molar-refractivity contribution in [3.63, 3.8) is 0 Å². The van der Waals surface area contributed by atoms with Crippen molar-refractivity contribution in [3.8, 4) is 0 Å². The Morgan fingerprint density at radius 3 is 2.56 bits per heavy atom. The van der Waals surface area contributed by atoms with Gasteiger partial charge in [-0.1, -0.05) is 23.7 Å². The van der Waals surface area contributed by atoms with Crippen LogP contribution in [0.1, 0.15) is 31.7 Å². The molecule has 5 nitrogen and oxygen atoms in total. The van der Waals surface area contributed by atoms with Crippen LogP contribution in [0.25, 0.3) is 0 Å². The third kappa shape index (κ3) is 4.88. The zero-order valence-electron chi connectivity index (χ0n) is 14.9. The van der Waals surface area contributed by atoms with Crippen LogP contribution in [-0.4, -0.2) is 60.4 Å². The van der Waals surface area contributed by atoms with Crippen molar-refractivity contribution in [1.82, 2.24) is 15.1 Å². The van der Waals surface area contributed by atoms with E-state index in [2.05, 4.69) is 22.1 Å². The summed E-state index contributed by atoms with van der Waals surface area (Å²) in [6, 6.07) is 8.12. The van der Waals surface area contributed by atoms with Gasteiger partial charge < -0.3 is 15.1 Å². The second-order valence-corrected chi connectivity index (χ2v) is 7.18. The van der Waals surface area contributed by atoms with Gasteiger partial charge in [-0.05, 0) is 43.9 Å². The van der Waals surface area contributed by atoms with Gasteiger partial charge in [0.05, 0.1) is 6.42 Å². The van der Waals surface area contributed by atoms with Gasteiger partial charge >= 0.3 is 0 Å². The minimum Gasteiger partial charge on any atom is -0.354 e. The van der Waals surface area contributed by atoms with Crippen LogP contribution < -0.4 is 5.32 Å². The molecule has 25 heavy (non-hydrogen) atoms. The second-order valence-electron chi connectivity index (χ2n) is 6.74. The van der Waals surface area contributed by atoms with Gasteiger partial charge in [0.2, 0.25) is 5.91 Å². The number of aliphatic imine (C=N–C) groups is 1. The summed E-state index contributed by atoms with van der Waals surface area (Å²) >= 11 is 6.00. The van der Waals surface area contributed by atoms with Crippen LogP contribution in [-0.2, 0) is 11.2 Å². The molecule has 0 spiro atoms. The lowest BCUT2D eigenvalue weighted by Gasteiger charge is -2.39. The molecular weight excluding hydrogens is 336 g/mol. The minimum absolute atomic E-state index is 0.169. The highest BCUT2D eigenvalue weighted by atomic mass is 35.5. The van der Waals surface area contributed by atoms with Gasteiger partial charge in [0.25, 0.3) is 0 Å². The quantitative estimate of drug-likeness (QED) is 0.661. The minimum atomic E-state index is 0.169. The Labute approximate surface area is 155 Å². The van der Waals surface area contributed by atoms with Crippen LogP contribution in [0.5, 0.6) is 0 Å². The molecule has 3 rings (SSSR count). The van der Waals surface area contributed by atoms with Gasteiger partial charge in [-0.25, -0.2) is 0 Å². The monoisotopic (exact) mass is 362 g/mol. The highest BCUT2D eigenvalue weighted by molar-refractivity contribution is 6.30. The van der Waals surface area contributed by atoms with Crippen molar-refractivity contribution in [2.45, 2.75) is 38.6 Å². The van der Waals surface area contributed by atoms with E-state index in [-0.39, 0.29) is 5.91 Å². The Morgan fingerprint density at radius 1 is 1.24 bits per heavy atom. The van der Waals surface area contributed by atoms with Crippen LogP contribution in [0.2, 0.25) is 5.02 Å². The first kappa shape index (κ1) is 18.1. The molecule has 0 radical (unpaired) electrons. The largest absolute Gasteiger partial charge is 0.354 e.